The summed E-state index contributed by atoms with van der Waals surface area (Å²) >= 11 is 0. The Bertz CT molecular complexity index is 1040. The number of methoxy groups -OCH3 is 1. The molecule has 1 aliphatic heterocycles. The van der Waals surface area contributed by atoms with Gasteiger partial charge in [-0.15, -0.1) is 0 Å². The van der Waals surface area contributed by atoms with Gasteiger partial charge in [0.2, 0.25) is 0 Å². The van der Waals surface area contributed by atoms with E-state index in [4.69, 9.17) is 4.74 Å². The molecule has 6 heteroatoms. The van der Waals surface area contributed by atoms with E-state index in [-0.39, 0.29) is 11.3 Å². The molecule has 1 saturated heterocycles. The molecule has 1 fully saturated rings. The topological polar surface area (TPSA) is 70.1 Å². The average Bonchev–Trinajstić information content (AvgIpc) is 3.09. The van der Waals surface area contributed by atoms with Crippen molar-refractivity contribution in [3.8, 4) is 5.75 Å². The van der Waals surface area contributed by atoms with Gasteiger partial charge in [-0.05, 0) is 61.3 Å². The lowest BCUT2D eigenvalue weighted by Crippen LogP contribution is -2.38. The molecular weight excluding hydrogens is 416 g/mol. The highest BCUT2D eigenvalue weighted by atomic mass is 16.5. The Morgan fingerprint density at radius 2 is 1.73 bits per heavy atom. The number of nitrogens with zero attached hydrogens (tertiary/aromatic N) is 2. The minimum atomic E-state index is -0.648. The third-order valence-electron chi connectivity index (χ3n) is 6.46. The molecule has 0 aromatic heterocycles. The predicted octanol–water partition coefficient (Wildman–Crippen LogP) is 4.33. The number of Topliss-reactive ketones (excluding diaryl/α,β-unsaturated/α-hetero) is 1. The Hall–Kier alpha value is -3.12. The van der Waals surface area contributed by atoms with E-state index in [1.807, 2.05) is 31.2 Å². The van der Waals surface area contributed by atoms with Gasteiger partial charge in [0, 0.05) is 18.7 Å². The Morgan fingerprint density at radius 3 is 2.27 bits per heavy atom. The number of aliphatic hydroxyl groups is 1. The smallest absolute Gasteiger partial charge is 0.295 e. The van der Waals surface area contributed by atoms with Crippen LogP contribution in [0, 0.1) is 6.92 Å². The van der Waals surface area contributed by atoms with Gasteiger partial charge in [0.1, 0.15) is 11.5 Å². The van der Waals surface area contributed by atoms with Crippen LogP contribution in [-0.4, -0.2) is 59.9 Å². The lowest BCUT2D eigenvalue weighted by atomic mass is 9.94. The number of likely N-dealkylation sites (N-methyl/N-ethyl adjacent to an activating group) is 1. The van der Waals surface area contributed by atoms with Gasteiger partial charge in [-0.2, -0.15) is 0 Å². The number of aliphatic hydroxyl groups excluding tert-OH is 1. The largest absolute Gasteiger partial charge is 0.507 e. The molecule has 0 unspecified atom stereocenters. The number of rotatable bonds is 9. The van der Waals surface area contributed by atoms with E-state index < -0.39 is 17.7 Å². The third-order valence-corrected chi connectivity index (χ3v) is 6.46. The predicted molar refractivity (Wildman–Crippen MR) is 130 cm³/mol. The fraction of sp³-hybridized carbons (Fsp3) is 0.407. The molecule has 6 nitrogen and oxygen atoms in total. The molecule has 0 bridgehead atoms. The fourth-order valence-corrected chi connectivity index (χ4v) is 4.36. The van der Waals surface area contributed by atoms with Crippen LogP contribution in [-0.2, 0) is 16.0 Å². The van der Waals surface area contributed by atoms with E-state index in [1.165, 1.54) is 5.56 Å². The summed E-state index contributed by atoms with van der Waals surface area (Å²) in [5, 5.41) is 11.2. The van der Waals surface area contributed by atoms with Crippen molar-refractivity contribution in [2.75, 3.05) is 33.3 Å². The lowest BCUT2D eigenvalue weighted by molar-refractivity contribution is -0.140. The Balaban J connectivity index is 2.10. The number of hydrogen-bond donors (Lipinski definition) is 1. The highest BCUT2D eigenvalue weighted by Crippen LogP contribution is 2.39. The maximum absolute atomic E-state index is 13.2. The van der Waals surface area contributed by atoms with Crippen LogP contribution in [0.25, 0.3) is 5.76 Å². The fourth-order valence-electron chi connectivity index (χ4n) is 4.36. The number of carbonyl (C=O) groups is 2. The van der Waals surface area contributed by atoms with E-state index in [0.29, 0.717) is 24.4 Å². The first-order valence-electron chi connectivity index (χ1n) is 11.6. The van der Waals surface area contributed by atoms with Crippen molar-refractivity contribution < 1.29 is 19.4 Å². The van der Waals surface area contributed by atoms with Crippen molar-refractivity contribution >= 4 is 17.4 Å². The molecule has 1 atom stereocenters. The summed E-state index contributed by atoms with van der Waals surface area (Å²) in [5.74, 6) is -0.685. The van der Waals surface area contributed by atoms with Crippen LogP contribution < -0.4 is 4.74 Å². The molecule has 33 heavy (non-hydrogen) atoms. The zero-order valence-corrected chi connectivity index (χ0v) is 20.2. The van der Waals surface area contributed by atoms with Crippen molar-refractivity contribution in [2.45, 2.75) is 40.2 Å². The second-order valence-corrected chi connectivity index (χ2v) is 8.30. The van der Waals surface area contributed by atoms with Gasteiger partial charge in [0.05, 0.1) is 18.7 Å². The Kier molecular flexibility index (Phi) is 7.92. The van der Waals surface area contributed by atoms with Gasteiger partial charge in [-0.25, -0.2) is 0 Å². The van der Waals surface area contributed by atoms with Crippen molar-refractivity contribution in [1.29, 1.82) is 0 Å². The first-order chi connectivity index (χ1) is 15.9. The molecule has 0 aliphatic carbocycles. The maximum Gasteiger partial charge on any atom is 0.295 e. The maximum atomic E-state index is 13.2. The normalized spacial score (nSPS) is 17.8. The lowest BCUT2D eigenvalue weighted by Gasteiger charge is -2.28. The van der Waals surface area contributed by atoms with Crippen LogP contribution in [0.2, 0.25) is 0 Å². The first kappa shape index (κ1) is 24.5. The average molecular weight is 451 g/mol. The van der Waals surface area contributed by atoms with Gasteiger partial charge < -0.3 is 19.6 Å². The molecule has 0 spiro atoms. The van der Waals surface area contributed by atoms with Gasteiger partial charge in [-0.3, -0.25) is 9.59 Å². The van der Waals surface area contributed by atoms with E-state index in [9.17, 15) is 14.7 Å². The number of ether oxygens (including phenoxy) is 1. The first-order valence-corrected chi connectivity index (χ1v) is 11.6. The quantitative estimate of drug-likeness (QED) is 0.350. The minimum absolute atomic E-state index is 0.133. The number of likely N-dealkylation sites (tertiary alicyclic amines) is 1. The molecular formula is C27H34N2O4. The number of hydrogen-bond acceptors (Lipinski definition) is 5. The second-order valence-electron chi connectivity index (χ2n) is 8.30. The molecule has 1 N–H and O–H groups in total. The number of amides is 1. The van der Waals surface area contributed by atoms with Gasteiger partial charge in [0.25, 0.3) is 11.7 Å². The summed E-state index contributed by atoms with van der Waals surface area (Å²) in [5.41, 5.74) is 3.45. The zero-order valence-electron chi connectivity index (χ0n) is 20.2. The van der Waals surface area contributed by atoms with Crippen molar-refractivity contribution in [2.24, 2.45) is 0 Å². The molecule has 0 radical (unpaired) electrons. The van der Waals surface area contributed by atoms with Gasteiger partial charge in [0.15, 0.2) is 0 Å². The number of ketones is 1. The molecule has 3 rings (SSSR count). The van der Waals surface area contributed by atoms with Crippen molar-refractivity contribution in [3.05, 3.63) is 70.3 Å². The minimum Gasteiger partial charge on any atom is -0.507 e. The zero-order chi connectivity index (χ0) is 24.1. The molecule has 176 valence electrons. The van der Waals surface area contributed by atoms with Gasteiger partial charge >= 0.3 is 0 Å². The molecule has 0 saturated carbocycles. The SMILES string of the molecule is CCc1ccc([C@H]2/C(=C(\O)c3ccc(OC)c(C)c3)C(=O)C(=O)N2CCN(CC)CC)cc1. The van der Waals surface area contributed by atoms with E-state index in [2.05, 4.69) is 25.7 Å². The summed E-state index contributed by atoms with van der Waals surface area (Å²) in [7, 11) is 1.59. The molecule has 2 aromatic rings. The molecule has 1 aliphatic rings. The van der Waals surface area contributed by atoms with Crippen LogP contribution >= 0.6 is 0 Å². The Labute approximate surface area is 196 Å². The monoisotopic (exact) mass is 450 g/mol. The van der Waals surface area contributed by atoms with Crippen molar-refractivity contribution in [3.63, 3.8) is 0 Å². The van der Waals surface area contributed by atoms with E-state index in [1.54, 1.807) is 30.2 Å². The van der Waals surface area contributed by atoms with Crippen LogP contribution in [0.4, 0.5) is 0 Å². The van der Waals surface area contributed by atoms with Gasteiger partial charge in [-0.1, -0.05) is 45.0 Å². The van der Waals surface area contributed by atoms with E-state index >= 15 is 0 Å². The highest BCUT2D eigenvalue weighted by molar-refractivity contribution is 6.46. The molecule has 2 aromatic carbocycles. The summed E-state index contributed by atoms with van der Waals surface area (Å²) in [6.07, 6.45) is 0.896. The summed E-state index contributed by atoms with van der Waals surface area (Å²) in [6, 6.07) is 12.5. The Morgan fingerprint density at radius 1 is 1.06 bits per heavy atom. The standard InChI is InChI=1S/C27H34N2O4/c1-6-19-9-11-20(12-10-19)24-23(25(30)21-13-14-22(33-5)18(4)17-21)26(31)27(32)29(24)16-15-28(7-2)8-3/h9-14,17,24,30H,6-8,15-16H2,1-5H3/b25-23+/t24-/m0/s1. The van der Waals surface area contributed by atoms with Crippen LogP contribution in [0.1, 0.15) is 49.1 Å². The third kappa shape index (κ3) is 4.96. The van der Waals surface area contributed by atoms with Crippen LogP contribution in [0.15, 0.2) is 48.0 Å². The molecule has 1 amide bonds. The summed E-state index contributed by atoms with van der Waals surface area (Å²) in [4.78, 5) is 30.1. The summed E-state index contributed by atoms with van der Waals surface area (Å²) in [6.45, 7) is 10.9. The number of benzene rings is 2. The number of carbonyl (C=O) groups excluding carboxylic acids is 2. The van der Waals surface area contributed by atoms with E-state index in [0.717, 1.165) is 30.6 Å². The summed E-state index contributed by atoms with van der Waals surface area (Å²) < 4.78 is 5.32. The second kappa shape index (κ2) is 10.7. The van der Waals surface area contributed by atoms with Crippen molar-refractivity contribution in [1.82, 2.24) is 9.80 Å². The highest BCUT2D eigenvalue weighted by Gasteiger charge is 2.45. The number of aryl methyl sites for hydroxylation is 2. The van der Waals surface area contributed by atoms with Crippen LogP contribution in [0.3, 0.4) is 0 Å². The van der Waals surface area contributed by atoms with Crippen LogP contribution in [0.5, 0.6) is 5.75 Å². The molecule has 1 heterocycles.